The molecule has 0 aliphatic rings. The summed E-state index contributed by atoms with van der Waals surface area (Å²) in [5, 5.41) is 4.88. The first kappa shape index (κ1) is 13.1. The van der Waals surface area contributed by atoms with Crippen LogP contribution in [0.5, 0.6) is 0 Å². The first-order valence-electron chi connectivity index (χ1n) is 5.31. The minimum Gasteiger partial charge on any atom is -0.347 e. The second-order valence-electron chi connectivity index (χ2n) is 3.54. The minimum absolute atomic E-state index is 0.280. The maximum Gasteiger partial charge on any atom is 0.309 e. The second kappa shape index (κ2) is 6.59. The average Bonchev–Trinajstić information content (AvgIpc) is 2.34. The molecule has 0 aliphatic heterocycles. The van der Waals surface area contributed by atoms with Gasteiger partial charge in [0.1, 0.15) is 0 Å². The van der Waals surface area contributed by atoms with Crippen LogP contribution < -0.4 is 16.4 Å². The van der Waals surface area contributed by atoms with Gasteiger partial charge in [0.05, 0.1) is 0 Å². The van der Waals surface area contributed by atoms with Crippen molar-refractivity contribution in [3.05, 3.63) is 29.6 Å². The third-order valence-corrected chi connectivity index (χ3v) is 2.06. The molecule has 0 bridgehead atoms. The van der Waals surface area contributed by atoms with Crippen LogP contribution in [0.15, 0.2) is 18.3 Å². The van der Waals surface area contributed by atoms with E-state index in [0.717, 1.165) is 11.3 Å². The smallest absolute Gasteiger partial charge is 0.309 e. The predicted octanol–water partition coefficient (Wildman–Crippen LogP) is -0.919. The molecule has 1 heterocycles. The van der Waals surface area contributed by atoms with Gasteiger partial charge in [-0.1, -0.05) is 6.07 Å². The maximum atomic E-state index is 11.3. The minimum atomic E-state index is -0.671. The molecule has 0 fully saturated rings. The zero-order valence-electron chi connectivity index (χ0n) is 9.69. The topological polar surface area (TPSA) is 97.1 Å². The van der Waals surface area contributed by atoms with E-state index in [1.165, 1.54) is 0 Å². The third kappa shape index (κ3) is 4.60. The van der Waals surface area contributed by atoms with E-state index in [2.05, 4.69) is 15.6 Å². The molecular formula is C11H16N4O2. The van der Waals surface area contributed by atoms with Gasteiger partial charge in [-0.05, 0) is 18.6 Å². The van der Waals surface area contributed by atoms with Gasteiger partial charge >= 0.3 is 11.8 Å². The Bertz CT molecular complexity index is 389. The number of aromatic nitrogens is 1. The number of amides is 2. The first-order chi connectivity index (χ1) is 8.13. The molecule has 0 saturated carbocycles. The summed E-state index contributed by atoms with van der Waals surface area (Å²) >= 11 is 0. The highest BCUT2D eigenvalue weighted by Gasteiger charge is 2.11. The van der Waals surface area contributed by atoms with E-state index in [-0.39, 0.29) is 6.54 Å². The monoisotopic (exact) mass is 236 g/mol. The molecule has 1 rings (SSSR count). The van der Waals surface area contributed by atoms with Crippen molar-refractivity contribution in [3.8, 4) is 0 Å². The van der Waals surface area contributed by atoms with Crippen molar-refractivity contribution in [2.75, 3.05) is 13.1 Å². The number of nitrogens with zero attached hydrogens (tertiary/aromatic N) is 1. The number of rotatable bonds is 4. The van der Waals surface area contributed by atoms with Gasteiger partial charge in [0.15, 0.2) is 0 Å². The van der Waals surface area contributed by atoms with Crippen LogP contribution in [0.25, 0.3) is 0 Å². The first-order valence-corrected chi connectivity index (χ1v) is 5.31. The standard InChI is InChI=1S/C11H16N4O2/c1-8-2-3-9(6-14-8)7-15-11(17)10(16)13-5-4-12/h2-3,6H,4-5,7,12H2,1H3,(H,13,16)(H,15,17). The van der Waals surface area contributed by atoms with Crippen LogP contribution in [0.1, 0.15) is 11.3 Å². The molecule has 92 valence electrons. The molecule has 0 aromatic carbocycles. The van der Waals surface area contributed by atoms with E-state index in [1.54, 1.807) is 6.20 Å². The van der Waals surface area contributed by atoms with Crippen LogP contribution in [-0.4, -0.2) is 29.9 Å². The summed E-state index contributed by atoms with van der Waals surface area (Å²) in [6, 6.07) is 3.69. The van der Waals surface area contributed by atoms with Gasteiger partial charge < -0.3 is 16.4 Å². The Hall–Kier alpha value is -1.95. The molecule has 0 unspecified atom stereocenters. The van der Waals surface area contributed by atoms with E-state index in [4.69, 9.17) is 5.73 Å². The molecule has 0 aliphatic carbocycles. The van der Waals surface area contributed by atoms with E-state index < -0.39 is 11.8 Å². The van der Waals surface area contributed by atoms with E-state index in [0.29, 0.717) is 13.1 Å². The van der Waals surface area contributed by atoms with Crippen molar-refractivity contribution < 1.29 is 9.59 Å². The normalized spacial score (nSPS) is 9.76. The van der Waals surface area contributed by atoms with Crippen LogP contribution in [0, 0.1) is 6.92 Å². The summed E-state index contributed by atoms with van der Waals surface area (Å²) in [6.45, 7) is 2.75. The molecule has 4 N–H and O–H groups in total. The lowest BCUT2D eigenvalue weighted by molar-refractivity contribution is -0.139. The molecule has 6 heteroatoms. The molecule has 0 radical (unpaired) electrons. The van der Waals surface area contributed by atoms with Gasteiger partial charge in [-0.3, -0.25) is 14.6 Å². The molecule has 2 amide bonds. The van der Waals surface area contributed by atoms with Gasteiger partial charge in [-0.2, -0.15) is 0 Å². The Morgan fingerprint density at radius 1 is 1.29 bits per heavy atom. The zero-order valence-corrected chi connectivity index (χ0v) is 9.69. The highest BCUT2D eigenvalue weighted by Crippen LogP contribution is 1.98. The zero-order chi connectivity index (χ0) is 12.7. The van der Waals surface area contributed by atoms with Gasteiger partial charge in [0.25, 0.3) is 0 Å². The predicted molar refractivity (Wildman–Crippen MR) is 62.9 cm³/mol. The van der Waals surface area contributed by atoms with Crippen molar-refractivity contribution in [2.45, 2.75) is 13.5 Å². The molecule has 0 spiro atoms. The Morgan fingerprint density at radius 2 is 2.00 bits per heavy atom. The molecule has 6 nitrogen and oxygen atoms in total. The van der Waals surface area contributed by atoms with Crippen molar-refractivity contribution in [1.82, 2.24) is 15.6 Å². The summed E-state index contributed by atoms with van der Waals surface area (Å²) in [6.07, 6.45) is 1.66. The van der Waals surface area contributed by atoms with Gasteiger partial charge in [0, 0.05) is 31.5 Å². The number of hydrogen-bond donors (Lipinski definition) is 3. The number of carbonyl (C=O) groups excluding carboxylic acids is 2. The second-order valence-corrected chi connectivity index (χ2v) is 3.54. The highest BCUT2D eigenvalue weighted by atomic mass is 16.2. The molecule has 0 saturated heterocycles. The van der Waals surface area contributed by atoms with Crippen molar-refractivity contribution in [2.24, 2.45) is 5.73 Å². The Morgan fingerprint density at radius 3 is 2.59 bits per heavy atom. The molecule has 0 atom stereocenters. The number of nitrogens with two attached hydrogens (primary N) is 1. The van der Waals surface area contributed by atoms with Gasteiger partial charge in [-0.25, -0.2) is 0 Å². The van der Waals surface area contributed by atoms with Crippen LogP contribution >= 0.6 is 0 Å². The van der Waals surface area contributed by atoms with Crippen molar-refractivity contribution >= 4 is 11.8 Å². The van der Waals surface area contributed by atoms with Crippen LogP contribution in [0.4, 0.5) is 0 Å². The van der Waals surface area contributed by atoms with Gasteiger partial charge in [0.2, 0.25) is 0 Å². The maximum absolute atomic E-state index is 11.3. The summed E-state index contributed by atoms with van der Waals surface area (Å²) in [4.78, 5) is 26.6. The Balaban J connectivity index is 2.37. The van der Waals surface area contributed by atoms with Crippen molar-refractivity contribution in [3.63, 3.8) is 0 Å². The average molecular weight is 236 g/mol. The molecule has 1 aromatic rings. The van der Waals surface area contributed by atoms with Gasteiger partial charge in [-0.15, -0.1) is 0 Å². The fourth-order valence-corrected chi connectivity index (χ4v) is 1.13. The highest BCUT2D eigenvalue weighted by molar-refractivity contribution is 6.35. The molecule has 1 aromatic heterocycles. The number of carbonyl (C=O) groups is 2. The van der Waals surface area contributed by atoms with Crippen LogP contribution in [0.2, 0.25) is 0 Å². The summed E-state index contributed by atoms with van der Waals surface area (Å²) in [7, 11) is 0. The van der Waals surface area contributed by atoms with Crippen LogP contribution in [-0.2, 0) is 16.1 Å². The SMILES string of the molecule is Cc1ccc(CNC(=O)C(=O)NCCN)cn1. The fraction of sp³-hybridized carbons (Fsp3) is 0.364. The van der Waals surface area contributed by atoms with E-state index >= 15 is 0 Å². The Labute approximate surface area is 99.6 Å². The van der Waals surface area contributed by atoms with Crippen LogP contribution in [0.3, 0.4) is 0 Å². The van der Waals surface area contributed by atoms with E-state index in [9.17, 15) is 9.59 Å². The lowest BCUT2D eigenvalue weighted by Crippen LogP contribution is -2.41. The largest absolute Gasteiger partial charge is 0.347 e. The summed E-state index contributed by atoms with van der Waals surface area (Å²) < 4.78 is 0. The molecule has 17 heavy (non-hydrogen) atoms. The molecular weight excluding hydrogens is 220 g/mol. The number of pyridine rings is 1. The third-order valence-electron chi connectivity index (χ3n) is 2.06. The summed E-state index contributed by atoms with van der Waals surface area (Å²) in [5.41, 5.74) is 6.95. The number of aryl methyl sites for hydroxylation is 1. The number of hydrogen-bond acceptors (Lipinski definition) is 4. The number of nitrogens with one attached hydrogen (secondary N) is 2. The van der Waals surface area contributed by atoms with E-state index in [1.807, 2.05) is 19.1 Å². The lowest BCUT2D eigenvalue weighted by Gasteiger charge is -2.05. The fourth-order valence-electron chi connectivity index (χ4n) is 1.13. The van der Waals surface area contributed by atoms with Crippen molar-refractivity contribution in [1.29, 1.82) is 0 Å². The lowest BCUT2D eigenvalue weighted by atomic mass is 10.2. The Kier molecular flexibility index (Phi) is 5.09. The summed E-state index contributed by atoms with van der Waals surface area (Å²) in [5.74, 6) is -1.34. The quantitative estimate of drug-likeness (QED) is 0.589.